The quantitative estimate of drug-likeness (QED) is 0.812. The lowest BCUT2D eigenvalue weighted by atomic mass is 10.2. The lowest BCUT2D eigenvalue weighted by molar-refractivity contribution is 0.187. The van der Waals surface area contributed by atoms with E-state index in [1.165, 1.54) is 11.3 Å². The van der Waals surface area contributed by atoms with Gasteiger partial charge in [0.1, 0.15) is 0 Å². The fourth-order valence-corrected chi connectivity index (χ4v) is 2.19. The number of halogens is 1. The van der Waals surface area contributed by atoms with Crippen LogP contribution in [0.2, 0.25) is 0 Å². The first-order valence-corrected chi connectivity index (χ1v) is 7.22. The highest BCUT2D eigenvalue weighted by molar-refractivity contribution is 9.10. The van der Waals surface area contributed by atoms with Crippen molar-refractivity contribution in [2.45, 2.75) is 32.9 Å². The van der Waals surface area contributed by atoms with Crippen molar-refractivity contribution in [2.24, 2.45) is 0 Å². The van der Waals surface area contributed by atoms with E-state index in [2.05, 4.69) is 51.3 Å². The van der Waals surface area contributed by atoms with Crippen LogP contribution in [0.5, 0.6) is 0 Å². The molecular weight excluding hydrogens is 292 g/mol. The average Bonchev–Trinajstić information content (AvgIpc) is 2.34. The minimum Gasteiger partial charge on any atom is -0.393 e. The normalized spacial score (nSPS) is 12.5. The maximum absolute atomic E-state index is 9.30. The zero-order valence-electron chi connectivity index (χ0n) is 11.4. The molecule has 0 saturated carbocycles. The molecule has 1 aromatic rings. The van der Waals surface area contributed by atoms with E-state index in [-0.39, 0.29) is 6.10 Å². The van der Waals surface area contributed by atoms with Crippen LogP contribution in [0.1, 0.15) is 25.8 Å². The molecule has 1 unspecified atom stereocenters. The Morgan fingerprint density at radius 1 is 1.44 bits per heavy atom. The monoisotopic (exact) mass is 314 g/mol. The van der Waals surface area contributed by atoms with Crippen LogP contribution in [-0.4, -0.2) is 31.3 Å². The minimum atomic E-state index is -0.246. The van der Waals surface area contributed by atoms with Crippen LogP contribution in [0.15, 0.2) is 22.7 Å². The minimum absolute atomic E-state index is 0.246. The Hall–Kier alpha value is -0.580. The second-order valence-electron chi connectivity index (χ2n) is 4.62. The number of nitrogens with one attached hydrogen (secondary N) is 1. The van der Waals surface area contributed by atoms with Crippen LogP contribution in [-0.2, 0) is 6.54 Å². The van der Waals surface area contributed by atoms with Gasteiger partial charge in [0.15, 0.2) is 0 Å². The second-order valence-corrected chi connectivity index (χ2v) is 5.47. The summed E-state index contributed by atoms with van der Waals surface area (Å²) >= 11 is 3.61. The van der Waals surface area contributed by atoms with Gasteiger partial charge in [0.2, 0.25) is 0 Å². The standard InChI is InChI=1S/C14H23BrN2O/c1-4-16-10-12-5-6-13(9-14(12)15)17(3)8-7-11(2)18/h5-6,9,11,16,18H,4,7-8,10H2,1-3H3. The highest BCUT2D eigenvalue weighted by atomic mass is 79.9. The molecule has 1 aromatic carbocycles. The van der Waals surface area contributed by atoms with Crippen LogP contribution in [0.4, 0.5) is 5.69 Å². The van der Waals surface area contributed by atoms with Crippen molar-refractivity contribution in [1.82, 2.24) is 5.32 Å². The van der Waals surface area contributed by atoms with Gasteiger partial charge in [-0.3, -0.25) is 0 Å². The molecule has 2 N–H and O–H groups in total. The average molecular weight is 315 g/mol. The molecule has 0 amide bonds. The number of aliphatic hydroxyl groups excluding tert-OH is 1. The summed E-state index contributed by atoms with van der Waals surface area (Å²) in [4.78, 5) is 2.16. The Labute approximate surface area is 118 Å². The van der Waals surface area contributed by atoms with Crippen molar-refractivity contribution in [3.8, 4) is 0 Å². The molecule has 0 aliphatic carbocycles. The van der Waals surface area contributed by atoms with Crippen molar-refractivity contribution in [3.05, 3.63) is 28.2 Å². The number of aliphatic hydroxyl groups is 1. The summed E-state index contributed by atoms with van der Waals surface area (Å²) in [5.41, 5.74) is 2.44. The Morgan fingerprint density at radius 2 is 2.17 bits per heavy atom. The van der Waals surface area contributed by atoms with Gasteiger partial charge in [-0.1, -0.05) is 28.9 Å². The van der Waals surface area contributed by atoms with E-state index in [0.29, 0.717) is 0 Å². The number of hydrogen-bond donors (Lipinski definition) is 2. The van der Waals surface area contributed by atoms with Gasteiger partial charge in [0.05, 0.1) is 6.10 Å². The van der Waals surface area contributed by atoms with E-state index < -0.39 is 0 Å². The first kappa shape index (κ1) is 15.5. The Kier molecular flexibility index (Phi) is 6.68. The molecule has 18 heavy (non-hydrogen) atoms. The van der Waals surface area contributed by atoms with Gasteiger partial charge in [-0.15, -0.1) is 0 Å². The third-order valence-electron chi connectivity index (χ3n) is 2.93. The number of nitrogens with zero attached hydrogens (tertiary/aromatic N) is 1. The second kappa shape index (κ2) is 7.77. The van der Waals surface area contributed by atoms with Gasteiger partial charge in [0.25, 0.3) is 0 Å². The van der Waals surface area contributed by atoms with Gasteiger partial charge in [0, 0.05) is 30.3 Å². The smallest absolute Gasteiger partial charge is 0.0528 e. The largest absolute Gasteiger partial charge is 0.393 e. The highest BCUT2D eigenvalue weighted by Gasteiger charge is 2.06. The summed E-state index contributed by atoms with van der Waals surface area (Å²) in [6.07, 6.45) is 0.539. The Balaban J connectivity index is 2.65. The SMILES string of the molecule is CCNCc1ccc(N(C)CCC(C)O)cc1Br. The fourth-order valence-electron chi connectivity index (χ4n) is 1.69. The van der Waals surface area contributed by atoms with Gasteiger partial charge < -0.3 is 15.3 Å². The number of rotatable bonds is 7. The summed E-state index contributed by atoms with van der Waals surface area (Å²) in [5.74, 6) is 0. The van der Waals surface area contributed by atoms with E-state index in [9.17, 15) is 5.11 Å². The summed E-state index contributed by atoms with van der Waals surface area (Å²) in [6.45, 7) is 6.64. The van der Waals surface area contributed by atoms with Crippen molar-refractivity contribution < 1.29 is 5.11 Å². The molecule has 0 spiro atoms. The topological polar surface area (TPSA) is 35.5 Å². The number of anilines is 1. The fraction of sp³-hybridized carbons (Fsp3) is 0.571. The third kappa shape index (κ3) is 4.96. The molecule has 0 saturated heterocycles. The van der Waals surface area contributed by atoms with E-state index in [1.807, 2.05) is 14.0 Å². The van der Waals surface area contributed by atoms with Crippen LogP contribution >= 0.6 is 15.9 Å². The first-order chi connectivity index (χ1) is 8.54. The molecule has 0 aromatic heterocycles. The van der Waals surface area contributed by atoms with Crippen LogP contribution < -0.4 is 10.2 Å². The van der Waals surface area contributed by atoms with Gasteiger partial charge in [-0.2, -0.15) is 0 Å². The Morgan fingerprint density at radius 3 is 2.72 bits per heavy atom. The summed E-state index contributed by atoms with van der Waals surface area (Å²) < 4.78 is 1.13. The molecule has 0 heterocycles. The van der Waals surface area contributed by atoms with Crippen LogP contribution in [0.3, 0.4) is 0 Å². The molecule has 0 aliphatic heterocycles. The molecule has 3 nitrogen and oxygen atoms in total. The van der Waals surface area contributed by atoms with E-state index in [4.69, 9.17) is 0 Å². The Bertz CT molecular complexity index is 369. The zero-order valence-corrected chi connectivity index (χ0v) is 13.0. The molecule has 0 aliphatic rings. The predicted octanol–water partition coefficient (Wildman–Crippen LogP) is 2.77. The molecule has 1 atom stereocenters. The molecule has 0 bridgehead atoms. The van der Waals surface area contributed by atoms with Crippen LogP contribution in [0.25, 0.3) is 0 Å². The molecule has 0 radical (unpaired) electrons. The van der Waals surface area contributed by atoms with E-state index in [0.717, 1.165) is 30.5 Å². The maximum atomic E-state index is 9.30. The lowest BCUT2D eigenvalue weighted by Crippen LogP contribution is -2.22. The summed E-state index contributed by atoms with van der Waals surface area (Å²) in [7, 11) is 2.05. The van der Waals surface area contributed by atoms with Crippen molar-refractivity contribution in [1.29, 1.82) is 0 Å². The summed E-state index contributed by atoms with van der Waals surface area (Å²) in [6, 6.07) is 6.40. The number of hydrogen-bond acceptors (Lipinski definition) is 3. The van der Waals surface area contributed by atoms with Crippen LogP contribution in [0, 0.1) is 0 Å². The third-order valence-corrected chi connectivity index (χ3v) is 3.66. The van der Waals surface area contributed by atoms with Crippen molar-refractivity contribution in [2.75, 3.05) is 25.0 Å². The van der Waals surface area contributed by atoms with E-state index in [1.54, 1.807) is 0 Å². The molecule has 4 heteroatoms. The predicted molar refractivity (Wildman–Crippen MR) is 81.1 cm³/mol. The zero-order chi connectivity index (χ0) is 13.5. The molecule has 1 rings (SSSR count). The first-order valence-electron chi connectivity index (χ1n) is 6.43. The van der Waals surface area contributed by atoms with E-state index >= 15 is 0 Å². The molecule has 102 valence electrons. The molecule has 0 fully saturated rings. The van der Waals surface area contributed by atoms with Gasteiger partial charge in [-0.05, 0) is 37.6 Å². The van der Waals surface area contributed by atoms with Gasteiger partial charge >= 0.3 is 0 Å². The lowest BCUT2D eigenvalue weighted by Gasteiger charge is -2.21. The number of benzene rings is 1. The van der Waals surface area contributed by atoms with Gasteiger partial charge in [-0.25, -0.2) is 0 Å². The van der Waals surface area contributed by atoms with Crippen molar-refractivity contribution in [3.63, 3.8) is 0 Å². The molecular formula is C14H23BrN2O. The highest BCUT2D eigenvalue weighted by Crippen LogP contribution is 2.23. The summed E-state index contributed by atoms with van der Waals surface area (Å²) in [5, 5.41) is 12.6. The van der Waals surface area contributed by atoms with Crippen molar-refractivity contribution >= 4 is 21.6 Å². The maximum Gasteiger partial charge on any atom is 0.0528 e.